The van der Waals surface area contributed by atoms with Crippen LogP contribution in [0.25, 0.3) is 11.0 Å². The number of hydrogen-bond acceptors (Lipinski definition) is 4. The van der Waals surface area contributed by atoms with Crippen LogP contribution in [-0.4, -0.2) is 31.1 Å². The Bertz CT molecular complexity index is 971. The molecule has 134 valence electrons. The molecule has 2 aromatic carbocycles. The van der Waals surface area contributed by atoms with Crippen LogP contribution in [-0.2, 0) is 6.54 Å². The molecule has 0 aliphatic carbocycles. The second-order valence-corrected chi connectivity index (χ2v) is 7.15. The number of nitrogens with zero attached hydrogens (tertiary/aromatic N) is 2. The molecule has 1 aliphatic rings. The van der Waals surface area contributed by atoms with Crippen molar-refractivity contribution in [3.8, 4) is 0 Å². The van der Waals surface area contributed by atoms with Crippen molar-refractivity contribution < 1.29 is 4.42 Å². The van der Waals surface area contributed by atoms with E-state index in [0.29, 0.717) is 0 Å². The van der Waals surface area contributed by atoms with Crippen LogP contribution < -0.4 is 10.5 Å². The van der Waals surface area contributed by atoms with E-state index in [9.17, 15) is 4.79 Å². The molecular formula is C22H24N2O2. The topological polar surface area (TPSA) is 36.7 Å². The number of para-hydroxylation sites is 1. The predicted octanol–water partition coefficient (Wildman–Crippen LogP) is 3.73. The molecular weight excluding hydrogens is 324 g/mol. The van der Waals surface area contributed by atoms with E-state index in [1.165, 1.54) is 11.3 Å². The molecule has 1 aliphatic heterocycles. The van der Waals surface area contributed by atoms with Crippen molar-refractivity contribution in [2.24, 2.45) is 0 Å². The highest BCUT2D eigenvalue weighted by molar-refractivity contribution is 5.83. The highest BCUT2D eigenvalue weighted by Gasteiger charge is 2.19. The molecule has 4 nitrogen and oxygen atoms in total. The maximum Gasteiger partial charge on any atom is 0.336 e. The third-order valence-electron chi connectivity index (χ3n) is 5.15. The lowest BCUT2D eigenvalue weighted by atomic mass is 10.0. The lowest BCUT2D eigenvalue weighted by Gasteiger charge is -2.36. The van der Waals surface area contributed by atoms with Gasteiger partial charge in [0.05, 0.1) is 0 Å². The Morgan fingerprint density at radius 3 is 2.42 bits per heavy atom. The van der Waals surface area contributed by atoms with E-state index in [-0.39, 0.29) is 5.63 Å². The van der Waals surface area contributed by atoms with Crippen LogP contribution in [0.15, 0.2) is 57.7 Å². The minimum Gasteiger partial charge on any atom is -0.422 e. The van der Waals surface area contributed by atoms with Gasteiger partial charge in [0.1, 0.15) is 5.58 Å². The Balaban J connectivity index is 1.54. The van der Waals surface area contributed by atoms with E-state index in [0.717, 1.165) is 54.8 Å². The molecule has 0 bridgehead atoms. The predicted molar refractivity (Wildman–Crippen MR) is 106 cm³/mol. The van der Waals surface area contributed by atoms with Crippen LogP contribution in [0.4, 0.5) is 5.69 Å². The summed E-state index contributed by atoms with van der Waals surface area (Å²) in [7, 11) is 0. The fourth-order valence-electron chi connectivity index (χ4n) is 3.85. The summed E-state index contributed by atoms with van der Waals surface area (Å²) in [5.41, 5.74) is 5.02. The van der Waals surface area contributed by atoms with E-state index >= 15 is 0 Å². The second kappa shape index (κ2) is 6.96. The molecule has 0 saturated carbocycles. The number of aryl methyl sites for hydroxylation is 2. The first-order chi connectivity index (χ1) is 12.6. The molecule has 0 amide bonds. The zero-order valence-electron chi connectivity index (χ0n) is 15.4. The Morgan fingerprint density at radius 2 is 1.69 bits per heavy atom. The van der Waals surface area contributed by atoms with E-state index in [1.807, 2.05) is 6.92 Å². The van der Waals surface area contributed by atoms with Crippen molar-refractivity contribution >= 4 is 16.7 Å². The van der Waals surface area contributed by atoms with Gasteiger partial charge in [0.15, 0.2) is 0 Å². The number of anilines is 1. The number of piperazine rings is 1. The Kier molecular flexibility index (Phi) is 4.51. The van der Waals surface area contributed by atoms with Crippen LogP contribution in [0.1, 0.15) is 16.7 Å². The maximum absolute atomic E-state index is 12.0. The van der Waals surface area contributed by atoms with Crippen molar-refractivity contribution in [3.63, 3.8) is 0 Å². The molecule has 0 spiro atoms. The maximum atomic E-state index is 12.0. The summed E-state index contributed by atoms with van der Waals surface area (Å²) < 4.78 is 5.47. The molecule has 4 rings (SSSR count). The molecule has 1 saturated heterocycles. The standard InChI is InChI=1S/C22H24N2O2/c1-16-12-17(2)22-20(13-16)18(14-21(25)26-22)15-23-8-10-24(11-9-23)19-6-4-3-5-7-19/h3-7,12-14H,8-11,15H2,1-2H3. The first kappa shape index (κ1) is 16.9. The van der Waals surface area contributed by atoms with Gasteiger partial charge in [0.2, 0.25) is 0 Å². The molecule has 1 aromatic heterocycles. The number of rotatable bonds is 3. The number of hydrogen-bond donors (Lipinski definition) is 0. The summed E-state index contributed by atoms with van der Waals surface area (Å²) in [4.78, 5) is 16.9. The van der Waals surface area contributed by atoms with E-state index in [1.54, 1.807) is 6.07 Å². The average Bonchev–Trinajstić information content (AvgIpc) is 2.64. The van der Waals surface area contributed by atoms with Gasteiger partial charge in [-0.2, -0.15) is 0 Å². The summed E-state index contributed by atoms with van der Waals surface area (Å²) in [5.74, 6) is 0. The van der Waals surface area contributed by atoms with Gasteiger partial charge in [-0.25, -0.2) is 4.79 Å². The van der Waals surface area contributed by atoms with Crippen LogP contribution in [0.2, 0.25) is 0 Å². The van der Waals surface area contributed by atoms with Crippen LogP contribution >= 0.6 is 0 Å². The minimum absolute atomic E-state index is 0.262. The van der Waals surface area contributed by atoms with Crippen LogP contribution in [0, 0.1) is 13.8 Å². The van der Waals surface area contributed by atoms with Gasteiger partial charge in [0, 0.05) is 49.9 Å². The largest absolute Gasteiger partial charge is 0.422 e. The lowest BCUT2D eigenvalue weighted by molar-refractivity contribution is 0.250. The van der Waals surface area contributed by atoms with Crippen LogP contribution in [0.3, 0.4) is 0 Å². The average molecular weight is 348 g/mol. The summed E-state index contributed by atoms with van der Waals surface area (Å²) in [6, 6.07) is 16.4. The Hall–Kier alpha value is -2.59. The van der Waals surface area contributed by atoms with Gasteiger partial charge in [-0.3, -0.25) is 4.90 Å². The number of benzene rings is 2. The quantitative estimate of drug-likeness (QED) is 0.676. The highest BCUT2D eigenvalue weighted by Crippen LogP contribution is 2.24. The van der Waals surface area contributed by atoms with Gasteiger partial charge in [-0.05, 0) is 48.7 Å². The zero-order chi connectivity index (χ0) is 18.1. The fourth-order valence-corrected chi connectivity index (χ4v) is 3.85. The Labute approximate surface area is 153 Å². The highest BCUT2D eigenvalue weighted by atomic mass is 16.4. The van der Waals surface area contributed by atoms with Gasteiger partial charge >= 0.3 is 5.63 Å². The fraction of sp³-hybridized carbons (Fsp3) is 0.318. The molecule has 1 fully saturated rings. The summed E-state index contributed by atoms with van der Waals surface area (Å²) in [6.45, 7) is 8.85. The zero-order valence-corrected chi connectivity index (χ0v) is 15.4. The molecule has 4 heteroatoms. The molecule has 0 radical (unpaired) electrons. The van der Waals surface area contributed by atoms with E-state index in [4.69, 9.17) is 4.42 Å². The normalized spacial score (nSPS) is 15.5. The smallest absolute Gasteiger partial charge is 0.336 e. The van der Waals surface area contributed by atoms with Crippen molar-refractivity contribution in [3.05, 3.63) is 75.6 Å². The number of fused-ring (bicyclic) bond motifs is 1. The van der Waals surface area contributed by atoms with Crippen molar-refractivity contribution in [1.82, 2.24) is 4.90 Å². The van der Waals surface area contributed by atoms with Gasteiger partial charge < -0.3 is 9.32 Å². The van der Waals surface area contributed by atoms with Crippen molar-refractivity contribution in [2.45, 2.75) is 20.4 Å². The van der Waals surface area contributed by atoms with E-state index < -0.39 is 0 Å². The molecule has 0 unspecified atom stereocenters. The van der Waals surface area contributed by atoms with E-state index in [2.05, 4.69) is 59.2 Å². The first-order valence-corrected chi connectivity index (χ1v) is 9.16. The van der Waals surface area contributed by atoms with Gasteiger partial charge in [-0.1, -0.05) is 24.3 Å². The van der Waals surface area contributed by atoms with Gasteiger partial charge in [0.25, 0.3) is 0 Å². The third-order valence-corrected chi connectivity index (χ3v) is 5.15. The van der Waals surface area contributed by atoms with Crippen molar-refractivity contribution in [2.75, 3.05) is 31.1 Å². The lowest BCUT2D eigenvalue weighted by Crippen LogP contribution is -2.46. The van der Waals surface area contributed by atoms with Crippen LogP contribution in [0.5, 0.6) is 0 Å². The monoisotopic (exact) mass is 348 g/mol. The SMILES string of the molecule is Cc1cc(C)c2oc(=O)cc(CN3CCN(c4ccccc4)CC3)c2c1. The Morgan fingerprint density at radius 1 is 0.962 bits per heavy atom. The third kappa shape index (κ3) is 3.37. The summed E-state index contributed by atoms with van der Waals surface area (Å²) >= 11 is 0. The molecule has 3 aromatic rings. The first-order valence-electron chi connectivity index (χ1n) is 9.16. The molecule has 0 N–H and O–H groups in total. The minimum atomic E-state index is -0.262. The summed E-state index contributed by atoms with van der Waals surface area (Å²) in [5, 5.41) is 1.06. The van der Waals surface area contributed by atoms with Crippen molar-refractivity contribution in [1.29, 1.82) is 0 Å². The summed E-state index contributed by atoms with van der Waals surface area (Å²) in [6.07, 6.45) is 0. The van der Waals surface area contributed by atoms with Gasteiger partial charge in [-0.15, -0.1) is 0 Å². The molecule has 2 heterocycles. The second-order valence-electron chi connectivity index (χ2n) is 7.15. The molecule has 26 heavy (non-hydrogen) atoms. The molecule has 0 atom stereocenters.